The molecule has 0 radical (unpaired) electrons. The van der Waals surface area contributed by atoms with Gasteiger partial charge in [0.05, 0.1) is 25.8 Å². The number of amides is 2. The second-order valence-electron chi connectivity index (χ2n) is 6.45. The predicted octanol–water partition coefficient (Wildman–Crippen LogP) is 3.14. The lowest BCUT2D eigenvalue weighted by Crippen LogP contribution is -2.28. The smallest absolute Gasteiger partial charge is 0.229 e. The fourth-order valence-corrected chi connectivity index (χ4v) is 3.18. The largest absolute Gasteiger partial charge is 0.497 e. The van der Waals surface area contributed by atoms with Gasteiger partial charge in [0.25, 0.3) is 0 Å². The van der Waals surface area contributed by atoms with Gasteiger partial charge in [-0.1, -0.05) is 0 Å². The van der Waals surface area contributed by atoms with Crippen LogP contribution in [-0.4, -0.2) is 32.6 Å². The maximum absolute atomic E-state index is 13.5. The molecule has 2 amide bonds. The lowest BCUT2D eigenvalue weighted by atomic mass is 10.1. The zero-order valence-corrected chi connectivity index (χ0v) is 15.4. The highest BCUT2D eigenvalue weighted by Crippen LogP contribution is 2.36. The van der Waals surface area contributed by atoms with Gasteiger partial charge in [-0.2, -0.15) is 0 Å². The maximum Gasteiger partial charge on any atom is 0.229 e. The summed E-state index contributed by atoms with van der Waals surface area (Å²) in [6.45, 7) is 1.97. The van der Waals surface area contributed by atoms with E-state index < -0.39 is 11.7 Å². The van der Waals surface area contributed by atoms with Gasteiger partial charge in [-0.15, -0.1) is 0 Å². The van der Waals surface area contributed by atoms with E-state index in [0.29, 0.717) is 28.4 Å². The van der Waals surface area contributed by atoms with Crippen molar-refractivity contribution in [3.8, 4) is 11.5 Å². The number of methoxy groups -OCH3 is 2. The summed E-state index contributed by atoms with van der Waals surface area (Å²) in [5.41, 5.74) is 1.67. The zero-order valence-electron chi connectivity index (χ0n) is 15.4. The normalized spacial score (nSPS) is 16.4. The first-order valence-electron chi connectivity index (χ1n) is 8.51. The number of ether oxygens (including phenoxy) is 2. The van der Waals surface area contributed by atoms with Gasteiger partial charge < -0.3 is 19.7 Å². The second kappa shape index (κ2) is 7.65. The number of carbonyl (C=O) groups is 2. The summed E-state index contributed by atoms with van der Waals surface area (Å²) in [5.74, 6) is -0.342. The van der Waals surface area contributed by atoms with Gasteiger partial charge in [0, 0.05) is 24.7 Å². The highest BCUT2D eigenvalue weighted by atomic mass is 19.1. The van der Waals surface area contributed by atoms with Crippen LogP contribution in [0.1, 0.15) is 12.0 Å². The van der Waals surface area contributed by atoms with E-state index in [0.717, 1.165) is 0 Å². The Labute approximate surface area is 156 Å². The van der Waals surface area contributed by atoms with E-state index in [9.17, 15) is 14.0 Å². The summed E-state index contributed by atoms with van der Waals surface area (Å²) < 4.78 is 24.0. The fraction of sp³-hybridized carbons (Fsp3) is 0.300. The number of hydrogen-bond donors (Lipinski definition) is 1. The Morgan fingerprint density at radius 1 is 1.19 bits per heavy atom. The van der Waals surface area contributed by atoms with Crippen LogP contribution in [0.2, 0.25) is 0 Å². The van der Waals surface area contributed by atoms with Crippen LogP contribution in [0.4, 0.5) is 15.8 Å². The van der Waals surface area contributed by atoms with Crippen molar-refractivity contribution in [3.05, 3.63) is 47.8 Å². The third-order valence-corrected chi connectivity index (χ3v) is 4.48. The number of rotatable bonds is 5. The molecule has 0 spiro atoms. The summed E-state index contributed by atoms with van der Waals surface area (Å²) in [6, 6.07) is 9.46. The molecule has 1 aliphatic heterocycles. The van der Waals surface area contributed by atoms with Crippen LogP contribution in [0.25, 0.3) is 0 Å². The van der Waals surface area contributed by atoms with Gasteiger partial charge in [0.2, 0.25) is 11.8 Å². The first kappa shape index (κ1) is 18.7. The van der Waals surface area contributed by atoms with Crippen LogP contribution in [0, 0.1) is 18.7 Å². The van der Waals surface area contributed by atoms with Crippen LogP contribution >= 0.6 is 0 Å². The average molecular weight is 372 g/mol. The van der Waals surface area contributed by atoms with Crippen molar-refractivity contribution in [2.24, 2.45) is 5.92 Å². The van der Waals surface area contributed by atoms with E-state index in [1.165, 1.54) is 24.1 Å². The third kappa shape index (κ3) is 4.02. The number of hydrogen-bond acceptors (Lipinski definition) is 4. The minimum Gasteiger partial charge on any atom is -0.497 e. The van der Waals surface area contributed by atoms with Crippen molar-refractivity contribution < 1.29 is 23.5 Å². The standard InChI is InChI=1S/C20H21FN2O4/c1-12-6-14(21)9-15(7-12)22-20(25)13-8-19(24)23(11-13)17-5-4-16(26-2)10-18(17)27-3/h4-7,9-10,13H,8,11H2,1-3H3,(H,22,25). The Morgan fingerprint density at radius 2 is 1.96 bits per heavy atom. The molecule has 142 valence electrons. The number of aryl methyl sites for hydroxylation is 1. The zero-order chi connectivity index (χ0) is 19.6. The van der Waals surface area contributed by atoms with E-state index in [4.69, 9.17) is 9.47 Å². The Bertz CT molecular complexity index is 864. The molecule has 0 saturated carbocycles. The first-order valence-corrected chi connectivity index (χ1v) is 8.51. The van der Waals surface area contributed by atoms with Gasteiger partial charge in [-0.25, -0.2) is 4.39 Å². The van der Waals surface area contributed by atoms with E-state index >= 15 is 0 Å². The molecule has 27 heavy (non-hydrogen) atoms. The third-order valence-electron chi connectivity index (χ3n) is 4.48. The Morgan fingerprint density at radius 3 is 2.63 bits per heavy atom. The minimum atomic E-state index is -0.534. The van der Waals surface area contributed by atoms with Crippen LogP contribution in [0.5, 0.6) is 11.5 Å². The number of nitrogens with one attached hydrogen (secondary N) is 1. The first-order chi connectivity index (χ1) is 12.9. The van der Waals surface area contributed by atoms with Crippen LogP contribution < -0.4 is 19.7 Å². The molecule has 2 aromatic carbocycles. The average Bonchev–Trinajstić information content (AvgIpc) is 3.02. The molecule has 0 bridgehead atoms. The summed E-state index contributed by atoms with van der Waals surface area (Å²) in [6.07, 6.45) is 0.0787. The van der Waals surface area contributed by atoms with Gasteiger partial charge >= 0.3 is 0 Å². The SMILES string of the molecule is COc1ccc(N2CC(C(=O)Nc3cc(C)cc(F)c3)CC2=O)c(OC)c1. The van der Waals surface area contributed by atoms with Gasteiger partial charge in [-0.05, 0) is 42.8 Å². The van der Waals surface area contributed by atoms with E-state index in [1.54, 1.807) is 38.3 Å². The van der Waals surface area contributed by atoms with Crippen LogP contribution in [0.3, 0.4) is 0 Å². The van der Waals surface area contributed by atoms with Crippen molar-refractivity contribution in [2.45, 2.75) is 13.3 Å². The monoisotopic (exact) mass is 372 g/mol. The number of halogens is 1. The number of nitrogens with zero attached hydrogens (tertiary/aromatic N) is 1. The summed E-state index contributed by atoms with van der Waals surface area (Å²) in [5, 5.41) is 2.70. The number of carbonyl (C=O) groups excluding carboxylic acids is 2. The van der Waals surface area contributed by atoms with E-state index in [-0.39, 0.29) is 24.8 Å². The lowest BCUT2D eigenvalue weighted by Gasteiger charge is -2.20. The Kier molecular flexibility index (Phi) is 5.30. The van der Waals surface area contributed by atoms with Crippen LogP contribution in [-0.2, 0) is 9.59 Å². The van der Waals surface area contributed by atoms with Gasteiger partial charge in [0.1, 0.15) is 17.3 Å². The number of benzene rings is 2. The molecule has 0 aliphatic carbocycles. The molecular weight excluding hydrogens is 351 g/mol. The van der Waals surface area contributed by atoms with Crippen molar-refractivity contribution in [2.75, 3.05) is 31.0 Å². The molecule has 6 nitrogen and oxygen atoms in total. The van der Waals surface area contributed by atoms with Gasteiger partial charge in [-0.3, -0.25) is 9.59 Å². The van der Waals surface area contributed by atoms with Gasteiger partial charge in [0.15, 0.2) is 0 Å². The van der Waals surface area contributed by atoms with Crippen molar-refractivity contribution in [1.29, 1.82) is 0 Å². The molecule has 1 N–H and O–H groups in total. The molecule has 7 heteroatoms. The Hall–Kier alpha value is -3.09. The molecular formula is C20H21FN2O4. The Balaban J connectivity index is 1.76. The summed E-state index contributed by atoms with van der Waals surface area (Å²) in [4.78, 5) is 26.6. The molecule has 3 rings (SSSR count). The molecule has 2 aromatic rings. The van der Waals surface area contributed by atoms with E-state index in [1.807, 2.05) is 0 Å². The quantitative estimate of drug-likeness (QED) is 0.876. The molecule has 1 atom stereocenters. The van der Waals surface area contributed by atoms with Crippen molar-refractivity contribution >= 4 is 23.2 Å². The molecule has 1 fully saturated rings. The molecule has 1 aliphatic rings. The summed E-state index contributed by atoms with van der Waals surface area (Å²) in [7, 11) is 3.05. The molecule has 0 aromatic heterocycles. The maximum atomic E-state index is 13.5. The van der Waals surface area contributed by atoms with Crippen molar-refractivity contribution in [1.82, 2.24) is 0 Å². The lowest BCUT2D eigenvalue weighted by molar-refractivity contribution is -0.122. The molecule has 1 heterocycles. The highest BCUT2D eigenvalue weighted by molar-refractivity contribution is 6.04. The topological polar surface area (TPSA) is 67.9 Å². The molecule has 1 unspecified atom stereocenters. The van der Waals surface area contributed by atoms with E-state index in [2.05, 4.69) is 5.32 Å². The predicted molar refractivity (Wildman–Crippen MR) is 99.8 cm³/mol. The van der Waals surface area contributed by atoms with Crippen molar-refractivity contribution in [3.63, 3.8) is 0 Å². The number of anilines is 2. The van der Waals surface area contributed by atoms with Crippen LogP contribution in [0.15, 0.2) is 36.4 Å². The summed E-state index contributed by atoms with van der Waals surface area (Å²) >= 11 is 0. The second-order valence-corrected chi connectivity index (χ2v) is 6.45. The fourth-order valence-electron chi connectivity index (χ4n) is 3.18. The highest BCUT2D eigenvalue weighted by Gasteiger charge is 2.36. The minimum absolute atomic E-state index is 0.0787. The molecule has 1 saturated heterocycles.